The van der Waals surface area contributed by atoms with Gasteiger partial charge in [0.1, 0.15) is 5.82 Å². The Morgan fingerprint density at radius 3 is 2.85 bits per heavy atom. The minimum Gasteiger partial charge on any atom is -0.324 e. The second-order valence-electron chi connectivity index (χ2n) is 3.61. The van der Waals surface area contributed by atoms with Crippen molar-refractivity contribution >= 4 is 11.8 Å². The summed E-state index contributed by atoms with van der Waals surface area (Å²) in [7, 11) is 0. The van der Waals surface area contributed by atoms with Gasteiger partial charge in [0.25, 0.3) is 0 Å². The lowest BCUT2D eigenvalue weighted by Gasteiger charge is -2.07. The highest BCUT2D eigenvalue weighted by molar-refractivity contribution is 7.99. The molecule has 0 atom stereocenters. The van der Waals surface area contributed by atoms with Crippen molar-refractivity contribution < 1.29 is 4.39 Å². The smallest absolute Gasteiger partial charge is 0.124 e. The molecular formula is C10H12FNS. The summed E-state index contributed by atoms with van der Waals surface area (Å²) in [6.07, 6.45) is 2.21. The highest BCUT2D eigenvalue weighted by atomic mass is 32.2. The van der Waals surface area contributed by atoms with Gasteiger partial charge in [-0.3, -0.25) is 0 Å². The molecule has 0 unspecified atom stereocenters. The fourth-order valence-corrected chi connectivity index (χ4v) is 2.20. The Morgan fingerprint density at radius 2 is 2.23 bits per heavy atom. The zero-order valence-corrected chi connectivity index (χ0v) is 8.11. The first kappa shape index (κ1) is 9.03. The number of hydrogen-bond donors (Lipinski definition) is 1. The van der Waals surface area contributed by atoms with Gasteiger partial charge in [-0.1, -0.05) is 6.07 Å². The van der Waals surface area contributed by atoms with Gasteiger partial charge in [0.2, 0.25) is 0 Å². The molecule has 0 amide bonds. The van der Waals surface area contributed by atoms with Crippen LogP contribution in [-0.4, -0.2) is 11.3 Å². The van der Waals surface area contributed by atoms with Gasteiger partial charge in [-0.25, -0.2) is 4.39 Å². The molecule has 70 valence electrons. The summed E-state index contributed by atoms with van der Waals surface area (Å²) in [6.45, 7) is 0. The van der Waals surface area contributed by atoms with Crippen LogP contribution in [0.5, 0.6) is 0 Å². The molecule has 13 heavy (non-hydrogen) atoms. The van der Waals surface area contributed by atoms with Crippen molar-refractivity contribution in [2.75, 3.05) is 5.75 Å². The second kappa shape index (κ2) is 3.31. The Kier molecular flexibility index (Phi) is 2.30. The van der Waals surface area contributed by atoms with E-state index in [1.54, 1.807) is 23.9 Å². The maximum absolute atomic E-state index is 12.8. The average molecular weight is 197 g/mol. The van der Waals surface area contributed by atoms with Crippen molar-refractivity contribution in [3.05, 3.63) is 30.1 Å². The third kappa shape index (κ3) is 2.45. The van der Waals surface area contributed by atoms with Gasteiger partial charge < -0.3 is 5.73 Å². The van der Waals surface area contributed by atoms with E-state index in [0.29, 0.717) is 0 Å². The zero-order valence-electron chi connectivity index (χ0n) is 7.29. The van der Waals surface area contributed by atoms with Crippen LogP contribution in [-0.2, 0) is 0 Å². The van der Waals surface area contributed by atoms with E-state index in [-0.39, 0.29) is 11.4 Å². The van der Waals surface area contributed by atoms with E-state index in [1.165, 1.54) is 6.07 Å². The number of thioether (sulfide) groups is 1. The third-order valence-electron chi connectivity index (χ3n) is 2.21. The molecule has 2 rings (SSSR count). The third-order valence-corrected chi connectivity index (χ3v) is 3.52. The van der Waals surface area contributed by atoms with Crippen LogP contribution < -0.4 is 5.73 Å². The number of hydrogen-bond acceptors (Lipinski definition) is 2. The molecule has 1 saturated carbocycles. The molecule has 1 aromatic rings. The lowest BCUT2D eigenvalue weighted by atomic mass is 10.3. The van der Waals surface area contributed by atoms with Crippen LogP contribution in [0.2, 0.25) is 0 Å². The molecule has 0 spiro atoms. The summed E-state index contributed by atoms with van der Waals surface area (Å²) in [6, 6.07) is 6.66. The highest BCUT2D eigenvalue weighted by Crippen LogP contribution is 2.37. The van der Waals surface area contributed by atoms with E-state index >= 15 is 0 Å². The first-order chi connectivity index (χ1) is 6.18. The molecule has 3 heteroatoms. The molecule has 0 heterocycles. The maximum atomic E-state index is 12.8. The van der Waals surface area contributed by atoms with Crippen molar-refractivity contribution in [3.63, 3.8) is 0 Å². The SMILES string of the molecule is NC1(CSc2cccc(F)c2)CC1. The van der Waals surface area contributed by atoms with Gasteiger partial charge in [0, 0.05) is 16.2 Å². The molecule has 0 saturated heterocycles. The molecule has 1 nitrogen and oxygen atoms in total. The number of nitrogens with two attached hydrogens (primary N) is 1. The van der Waals surface area contributed by atoms with Gasteiger partial charge >= 0.3 is 0 Å². The Bertz CT molecular complexity index is 310. The Hall–Kier alpha value is -0.540. The van der Waals surface area contributed by atoms with E-state index in [1.807, 2.05) is 6.07 Å². The standard InChI is InChI=1S/C10H12FNS/c11-8-2-1-3-9(6-8)13-7-10(12)4-5-10/h1-3,6H,4-5,7,12H2. The fourth-order valence-electron chi connectivity index (χ4n) is 1.09. The van der Waals surface area contributed by atoms with Crippen molar-refractivity contribution in [1.82, 2.24) is 0 Å². The van der Waals surface area contributed by atoms with Crippen LogP contribution >= 0.6 is 11.8 Å². The zero-order chi connectivity index (χ0) is 9.31. The Morgan fingerprint density at radius 1 is 1.46 bits per heavy atom. The van der Waals surface area contributed by atoms with Crippen LogP contribution in [0.4, 0.5) is 4.39 Å². The summed E-state index contributed by atoms with van der Waals surface area (Å²) < 4.78 is 12.8. The van der Waals surface area contributed by atoms with Crippen molar-refractivity contribution in [3.8, 4) is 0 Å². The van der Waals surface area contributed by atoms with Crippen LogP contribution in [0.1, 0.15) is 12.8 Å². The molecule has 0 radical (unpaired) electrons. The van der Waals surface area contributed by atoms with E-state index in [2.05, 4.69) is 0 Å². The molecule has 1 aliphatic rings. The summed E-state index contributed by atoms with van der Waals surface area (Å²) in [5, 5.41) is 0. The fraction of sp³-hybridized carbons (Fsp3) is 0.400. The van der Waals surface area contributed by atoms with Gasteiger partial charge in [0.15, 0.2) is 0 Å². The van der Waals surface area contributed by atoms with Gasteiger partial charge in [-0.2, -0.15) is 0 Å². The van der Waals surface area contributed by atoms with Gasteiger partial charge in [-0.05, 0) is 31.0 Å². The van der Waals surface area contributed by atoms with Crippen LogP contribution in [0.3, 0.4) is 0 Å². The first-order valence-corrected chi connectivity index (χ1v) is 5.34. The lowest BCUT2D eigenvalue weighted by molar-refractivity contribution is 0.624. The van der Waals surface area contributed by atoms with Crippen molar-refractivity contribution in [2.24, 2.45) is 5.73 Å². The van der Waals surface area contributed by atoms with Crippen LogP contribution in [0, 0.1) is 5.82 Å². The normalized spacial score (nSPS) is 18.6. The van der Waals surface area contributed by atoms with Crippen LogP contribution in [0.25, 0.3) is 0 Å². The molecule has 0 aliphatic heterocycles. The number of benzene rings is 1. The van der Waals surface area contributed by atoms with Gasteiger partial charge in [-0.15, -0.1) is 11.8 Å². The Balaban J connectivity index is 1.94. The molecular weight excluding hydrogens is 185 g/mol. The quantitative estimate of drug-likeness (QED) is 0.753. The van der Waals surface area contributed by atoms with Gasteiger partial charge in [0.05, 0.1) is 0 Å². The molecule has 2 N–H and O–H groups in total. The molecule has 0 aromatic heterocycles. The largest absolute Gasteiger partial charge is 0.324 e. The summed E-state index contributed by atoms with van der Waals surface area (Å²) >= 11 is 1.64. The highest BCUT2D eigenvalue weighted by Gasteiger charge is 2.37. The predicted octanol–water partition coefficient (Wildman–Crippen LogP) is 2.41. The lowest BCUT2D eigenvalue weighted by Crippen LogP contribution is -2.24. The topological polar surface area (TPSA) is 26.0 Å². The predicted molar refractivity (Wildman–Crippen MR) is 53.3 cm³/mol. The monoisotopic (exact) mass is 197 g/mol. The van der Waals surface area contributed by atoms with Crippen molar-refractivity contribution in [1.29, 1.82) is 0 Å². The molecule has 1 aliphatic carbocycles. The molecule has 0 bridgehead atoms. The summed E-state index contributed by atoms with van der Waals surface area (Å²) in [4.78, 5) is 0.969. The summed E-state index contributed by atoms with van der Waals surface area (Å²) in [5.41, 5.74) is 5.96. The first-order valence-electron chi connectivity index (χ1n) is 4.35. The van der Waals surface area contributed by atoms with E-state index in [9.17, 15) is 4.39 Å². The van der Waals surface area contributed by atoms with E-state index in [0.717, 1.165) is 23.5 Å². The van der Waals surface area contributed by atoms with Crippen LogP contribution in [0.15, 0.2) is 29.2 Å². The van der Waals surface area contributed by atoms with Crippen molar-refractivity contribution in [2.45, 2.75) is 23.3 Å². The molecule has 1 aromatic carbocycles. The van der Waals surface area contributed by atoms with E-state index < -0.39 is 0 Å². The Labute approximate surface area is 81.5 Å². The minimum absolute atomic E-state index is 0.0387. The number of rotatable bonds is 3. The van der Waals surface area contributed by atoms with E-state index in [4.69, 9.17) is 5.73 Å². The average Bonchev–Trinajstić information content (AvgIpc) is 2.82. The number of halogens is 1. The minimum atomic E-state index is -0.174. The summed E-state index contributed by atoms with van der Waals surface area (Å²) in [5.74, 6) is 0.725. The second-order valence-corrected chi connectivity index (χ2v) is 4.66. The maximum Gasteiger partial charge on any atom is 0.124 e. The molecule has 1 fully saturated rings.